The van der Waals surface area contributed by atoms with E-state index in [0.29, 0.717) is 0 Å². The van der Waals surface area contributed by atoms with Crippen molar-refractivity contribution < 1.29 is 0 Å². The van der Waals surface area contributed by atoms with E-state index in [1.807, 2.05) is 43.3 Å². The number of nitrogens with one attached hydrogen (secondary N) is 1. The van der Waals surface area contributed by atoms with Gasteiger partial charge in [-0.15, -0.1) is 5.11 Å². The molecule has 0 unspecified atom stereocenters. The van der Waals surface area contributed by atoms with Gasteiger partial charge in [0.15, 0.2) is 0 Å². The number of nitrogens with zero attached hydrogens (tertiary/aromatic N) is 2. The highest BCUT2D eigenvalue weighted by atomic mass is 15.4. The van der Waals surface area contributed by atoms with Crippen LogP contribution in [0.4, 0.5) is 5.69 Å². The van der Waals surface area contributed by atoms with Crippen molar-refractivity contribution >= 4 is 5.69 Å². The van der Waals surface area contributed by atoms with Crippen LogP contribution >= 0.6 is 0 Å². The fourth-order valence-corrected chi connectivity index (χ4v) is 0.699. The monoisotopic (exact) mass is 161 g/mol. The molecule has 0 saturated heterocycles. The lowest BCUT2D eigenvalue weighted by atomic mass is 10.3. The Balaban J connectivity index is 2.43. The van der Waals surface area contributed by atoms with E-state index in [-0.39, 0.29) is 0 Å². The standard InChI is InChI=1S/C9H11N3/c1-2-8-10-12-11-9-6-4-3-5-7-9/h2-8H,1H3,(H,10,11)/b8-2+. The van der Waals surface area contributed by atoms with Crippen molar-refractivity contribution in [2.75, 3.05) is 5.43 Å². The van der Waals surface area contributed by atoms with Gasteiger partial charge in [0, 0.05) is 6.20 Å². The van der Waals surface area contributed by atoms with E-state index in [4.69, 9.17) is 0 Å². The molecule has 0 aliphatic carbocycles. The zero-order valence-electron chi connectivity index (χ0n) is 6.94. The Labute approximate surface area is 71.8 Å². The van der Waals surface area contributed by atoms with E-state index in [1.54, 1.807) is 6.20 Å². The van der Waals surface area contributed by atoms with E-state index in [0.717, 1.165) is 5.69 Å². The smallest absolute Gasteiger partial charge is 0.0578 e. The first-order valence-corrected chi connectivity index (χ1v) is 3.75. The van der Waals surface area contributed by atoms with Gasteiger partial charge in [0.2, 0.25) is 0 Å². The molecule has 1 aromatic rings. The first-order chi connectivity index (χ1) is 5.93. The maximum atomic E-state index is 3.72. The molecule has 1 aromatic carbocycles. The third-order valence-corrected chi connectivity index (χ3v) is 1.23. The van der Waals surface area contributed by atoms with E-state index in [9.17, 15) is 0 Å². The molecule has 0 amide bonds. The number of para-hydroxylation sites is 1. The van der Waals surface area contributed by atoms with Crippen LogP contribution in [0.2, 0.25) is 0 Å². The van der Waals surface area contributed by atoms with Gasteiger partial charge < -0.3 is 0 Å². The maximum Gasteiger partial charge on any atom is 0.0578 e. The topological polar surface area (TPSA) is 36.8 Å². The Bertz CT molecular complexity index is 264. The molecular weight excluding hydrogens is 150 g/mol. The summed E-state index contributed by atoms with van der Waals surface area (Å²) in [5, 5.41) is 7.44. The summed E-state index contributed by atoms with van der Waals surface area (Å²) in [6.45, 7) is 1.89. The lowest BCUT2D eigenvalue weighted by Gasteiger charge is -1.94. The second kappa shape index (κ2) is 5.07. The highest BCUT2D eigenvalue weighted by molar-refractivity contribution is 5.41. The zero-order chi connectivity index (χ0) is 8.65. The molecule has 1 rings (SSSR count). The molecule has 0 saturated carbocycles. The van der Waals surface area contributed by atoms with Crippen LogP contribution in [0.3, 0.4) is 0 Å². The Morgan fingerprint density at radius 1 is 1.25 bits per heavy atom. The molecule has 0 heterocycles. The quantitative estimate of drug-likeness (QED) is 0.537. The minimum atomic E-state index is 0.936. The molecule has 0 aliphatic heterocycles. The van der Waals surface area contributed by atoms with Crippen molar-refractivity contribution in [2.24, 2.45) is 10.3 Å². The third-order valence-electron chi connectivity index (χ3n) is 1.23. The number of hydrogen-bond donors (Lipinski definition) is 1. The van der Waals surface area contributed by atoms with Crippen LogP contribution in [-0.2, 0) is 0 Å². The predicted molar refractivity (Wildman–Crippen MR) is 49.7 cm³/mol. The maximum absolute atomic E-state index is 3.72. The van der Waals surface area contributed by atoms with Crippen molar-refractivity contribution in [2.45, 2.75) is 6.92 Å². The van der Waals surface area contributed by atoms with Crippen LogP contribution in [0, 0.1) is 0 Å². The van der Waals surface area contributed by atoms with Crippen LogP contribution < -0.4 is 5.43 Å². The first-order valence-electron chi connectivity index (χ1n) is 3.75. The molecule has 62 valence electrons. The van der Waals surface area contributed by atoms with Gasteiger partial charge in [-0.1, -0.05) is 29.5 Å². The van der Waals surface area contributed by atoms with Gasteiger partial charge >= 0.3 is 0 Å². The van der Waals surface area contributed by atoms with E-state index in [2.05, 4.69) is 15.8 Å². The largest absolute Gasteiger partial charge is 0.260 e. The normalized spacial score (nSPS) is 11.1. The average Bonchev–Trinajstić information content (AvgIpc) is 2.14. The number of rotatable bonds is 3. The van der Waals surface area contributed by atoms with Crippen molar-refractivity contribution in [1.82, 2.24) is 0 Å². The van der Waals surface area contributed by atoms with Crippen LogP contribution in [0.25, 0.3) is 0 Å². The fourth-order valence-electron chi connectivity index (χ4n) is 0.699. The number of allylic oxidation sites excluding steroid dienone is 1. The van der Waals surface area contributed by atoms with E-state index in [1.165, 1.54) is 0 Å². The van der Waals surface area contributed by atoms with Crippen LogP contribution in [-0.4, -0.2) is 0 Å². The lowest BCUT2D eigenvalue weighted by Crippen LogP contribution is -1.83. The third kappa shape index (κ3) is 2.96. The summed E-state index contributed by atoms with van der Waals surface area (Å²) in [7, 11) is 0. The highest BCUT2D eigenvalue weighted by Gasteiger charge is 1.82. The summed E-state index contributed by atoms with van der Waals surface area (Å²) in [6.07, 6.45) is 3.44. The summed E-state index contributed by atoms with van der Waals surface area (Å²) >= 11 is 0. The summed E-state index contributed by atoms with van der Waals surface area (Å²) < 4.78 is 0. The average molecular weight is 161 g/mol. The number of anilines is 1. The highest BCUT2D eigenvalue weighted by Crippen LogP contribution is 2.04. The molecule has 0 fully saturated rings. The molecule has 3 heteroatoms. The van der Waals surface area contributed by atoms with Gasteiger partial charge in [0.25, 0.3) is 0 Å². The molecule has 3 nitrogen and oxygen atoms in total. The summed E-state index contributed by atoms with van der Waals surface area (Å²) in [5.74, 6) is 0. The van der Waals surface area contributed by atoms with E-state index >= 15 is 0 Å². The van der Waals surface area contributed by atoms with Gasteiger partial charge in [-0.2, -0.15) is 0 Å². The van der Waals surface area contributed by atoms with Crippen molar-refractivity contribution in [3.05, 3.63) is 42.6 Å². The minimum absolute atomic E-state index is 0.936. The van der Waals surface area contributed by atoms with Crippen LogP contribution in [0.1, 0.15) is 6.92 Å². The number of hydrogen-bond acceptors (Lipinski definition) is 2. The second-order valence-electron chi connectivity index (χ2n) is 2.18. The number of benzene rings is 1. The summed E-state index contributed by atoms with van der Waals surface area (Å²) in [4.78, 5) is 0. The molecule has 0 bridgehead atoms. The molecule has 1 N–H and O–H groups in total. The molecule has 0 spiro atoms. The Morgan fingerprint density at radius 2 is 2.00 bits per heavy atom. The Kier molecular flexibility index (Phi) is 3.57. The van der Waals surface area contributed by atoms with Gasteiger partial charge in [-0.25, -0.2) is 0 Å². The van der Waals surface area contributed by atoms with Crippen LogP contribution in [0.5, 0.6) is 0 Å². The molecule has 0 radical (unpaired) electrons. The molecule has 12 heavy (non-hydrogen) atoms. The van der Waals surface area contributed by atoms with E-state index < -0.39 is 0 Å². The lowest BCUT2D eigenvalue weighted by molar-refractivity contribution is 1.12. The fraction of sp³-hybridized carbons (Fsp3) is 0.111. The van der Waals surface area contributed by atoms with Crippen molar-refractivity contribution in [3.63, 3.8) is 0 Å². The summed E-state index contributed by atoms with van der Waals surface area (Å²) in [5.41, 5.74) is 3.72. The summed E-state index contributed by atoms with van der Waals surface area (Å²) in [6, 6.07) is 9.68. The van der Waals surface area contributed by atoms with Crippen molar-refractivity contribution in [3.8, 4) is 0 Å². The van der Waals surface area contributed by atoms with Crippen LogP contribution in [0.15, 0.2) is 52.9 Å². The Morgan fingerprint density at radius 3 is 2.67 bits per heavy atom. The van der Waals surface area contributed by atoms with Gasteiger partial charge in [-0.05, 0) is 19.1 Å². The van der Waals surface area contributed by atoms with Crippen molar-refractivity contribution in [1.29, 1.82) is 0 Å². The predicted octanol–water partition coefficient (Wildman–Crippen LogP) is 3.00. The molecule has 0 atom stereocenters. The minimum Gasteiger partial charge on any atom is -0.260 e. The van der Waals surface area contributed by atoms with Gasteiger partial charge in [0.1, 0.15) is 0 Å². The zero-order valence-corrected chi connectivity index (χ0v) is 6.94. The molecule has 0 aliphatic rings. The molecule has 0 aromatic heterocycles. The van der Waals surface area contributed by atoms with Gasteiger partial charge in [-0.3, -0.25) is 5.43 Å². The van der Waals surface area contributed by atoms with Gasteiger partial charge in [0.05, 0.1) is 5.69 Å². The Hall–Kier alpha value is -1.64. The molecular formula is C9H11N3. The first kappa shape index (κ1) is 8.46. The second-order valence-corrected chi connectivity index (χ2v) is 2.18. The SMILES string of the molecule is C/C=C/N=NNc1ccccc1.